The molecule has 0 saturated carbocycles. The van der Waals surface area contributed by atoms with E-state index >= 15 is 0 Å². The predicted molar refractivity (Wildman–Crippen MR) is 66.9 cm³/mol. The van der Waals surface area contributed by atoms with Crippen molar-refractivity contribution in [2.75, 3.05) is 16.8 Å². The van der Waals surface area contributed by atoms with Crippen molar-refractivity contribution >= 4 is 17.3 Å². The Morgan fingerprint density at radius 1 is 1.44 bits per heavy atom. The van der Waals surface area contributed by atoms with E-state index in [9.17, 15) is 4.79 Å². The lowest BCUT2D eigenvalue weighted by Gasteiger charge is -2.34. The summed E-state index contributed by atoms with van der Waals surface area (Å²) < 4.78 is 0. The van der Waals surface area contributed by atoms with Crippen LogP contribution in [0.5, 0.6) is 0 Å². The number of carbonyl (C=O) groups excluding carboxylic acids is 1. The molecule has 1 heterocycles. The van der Waals surface area contributed by atoms with Crippen LogP contribution in [0.4, 0.5) is 11.4 Å². The molecule has 1 aliphatic heterocycles. The molecule has 1 amide bonds. The second kappa shape index (κ2) is 4.16. The fourth-order valence-electron chi connectivity index (χ4n) is 2.24. The first-order valence-corrected chi connectivity index (χ1v) is 5.83. The first kappa shape index (κ1) is 11.0. The van der Waals surface area contributed by atoms with Crippen LogP contribution in [0, 0.1) is 0 Å². The third kappa shape index (κ3) is 1.66. The van der Waals surface area contributed by atoms with Crippen LogP contribution in [0.15, 0.2) is 18.2 Å². The number of fused-ring (bicyclic) bond motifs is 1. The smallest absolute Gasteiger partial charge is 0.246 e. The zero-order chi connectivity index (χ0) is 11.7. The maximum absolute atomic E-state index is 11.9. The van der Waals surface area contributed by atoms with Crippen molar-refractivity contribution in [2.24, 2.45) is 0 Å². The first-order valence-electron chi connectivity index (χ1n) is 5.83. The van der Waals surface area contributed by atoms with Crippen LogP contribution in [-0.2, 0) is 11.2 Å². The largest absolute Gasteiger partial charge is 0.374 e. The summed E-state index contributed by atoms with van der Waals surface area (Å²) in [5.74, 6) is 0.149. The predicted octanol–water partition coefficient (Wildman–Crippen LogP) is 2.42. The average Bonchev–Trinajstić information content (AvgIpc) is 2.27. The minimum atomic E-state index is 0.149. The number of para-hydroxylation sites is 1. The number of amides is 1. The van der Waals surface area contributed by atoms with Gasteiger partial charge in [0.25, 0.3) is 0 Å². The minimum Gasteiger partial charge on any atom is -0.374 e. The van der Waals surface area contributed by atoms with Crippen LogP contribution < -0.4 is 10.2 Å². The van der Waals surface area contributed by atoms with Crippen LogP contribution in [-0.4, -0.2) is 18.5 Å². The van der Waals surface area contributed by atoms with Gasteiger partial charge in [-0.3, -0.25) is 4.79 Å². The van der Waals surface area contributed by atoms with E-state index in [4.69, 9.17) is 0 Å². The van der Waals surface area contributed by atoms with Gasteiger partial charge < -0.3 is 10.2 Å². The van der Waals surface area contributed by atoms with Crippen molar-refractivity contribution in [2.45, 2.75) is 33.2 Å². The topological polar surface area (TPSA) is 32.3 Å². The van der Waals surface area contributed by atoms with Gasteiger partial charge in [-0.1, -0.05) is 19.1 Å². The summed E-state index contributed by atoms with van der Waals surface area (Å²) in [6.45, 7) is 6.63. The summed E-state index contributed by atoms with van der Waals surface area (Å²) in [5, 5.41) is 3.23. The molecule has 0 bridgehead atoms. The van der Waals surface area contributed by atoms with Crippen molar-refractivity contribution in [3.8, 4) is 0 Å². The molecule has 2 rings (SSSR count). The Morgan fingerprint density at radius 3 is 2.81 bits per heavy atom. The highest BCUT2D eigenvalue weighted by Gasteiger charge is 2.26. The standard InChI is InChI=1S/C13H18N2O/c1-4-10-6-5-7-11-13(10)14-8-12(16)15(11)9(2)3/h5-7,9,14H,4,8H2,1-3H3. The van der Waals surface area contributed by atoms with E-state index in [0.29, 0.717) is 6.54 Å². The molecule has 0 aliphatic carbocycles. The summed E-state index contributed by atoms with van der Waals surface area (Å²) in [6.07, 6.45) is 0.982. The molecule has 1 aliphatic rings. The van der Waals surface area contributed by atoms with Crippen LogP contribution in [0.25, 0.3) is 0 Å². The normalized spacial score (nSPS) is 15.0. The van der Waals surface area contributed by atoms with Crippen LogP contribution in [0.2, 0.25) is 0 Å². The third-order valence-corrected chi connectivity index (χ3v) is 2.97. The Bertz CT molecular complexity index is 412. The molecule has 1 N–H and O–H groups in total. The van der Waals surface area contributed by atoms with Gasteiger partial charge >= 0.3 is 0 Å². The number of benzene rings is 1. The molecule has 86 valence electrons. The summed E-state index contributed by atoms with van der Waals surface area (Å²) in [6, 6.07) is 6.35. The SMILES string of the molecule is CCc1cccc2c1NCC(=O)N2C(C)C. The van der Waals surface area contributed by atoms with Gasteiger partial charge in [0.15, 0.2) is 0 Å². The molecule has 1 aromatic rings. The molecule has 0 fully saturated rings. The number of aryl methyl sites for hydroxylation is 1. The van der Waals surface area contributed by atoms with Gasteiger partial charge in [0, 0.05) is 6.04 Å². The molecule has 3 nitrogen and oxygen atoms in total. The molecule has 16 heavy (non-hydrogen) atoms. The molecule has 0 saturated heterocycles. The zero-order valence-corrected chi connectivity index (χ0v) is 10.1. The van der Waals surface area contributed by atoms with Gasteiger partial charge in [-0.2, -0.15) is 0 Å². The lowest BCUT2D eigenvalue weighted by molar-refractivity contribution is -0.117. The van der Waals surface area contributed by atoms with Crippen molar-refractivity contribution in [3.05, 3.63) is 23.8 Å². The number of nitrogens with zero attached hydrogens (tertiary/aromatic N) is 1. The number of hydrogen-bond donors (Lipinski definition) is 1. The lowest BCUT2D eigenvalue weighted by atomic mass is 10.0. The number of hydrogen-bond acceptors (Lipinski definition) is 2. The Hall–Kier alpha value is -1.51. The van der Waals surface area contributed by atoms with Crippen LogP contribution >= 0.6 is 0 Å². The van der Waals surface area contributed by atoms with Crippen molar-refractivity contribution in [1.82, 2.24) is 0 Å². The molecular formula is C13H18N2O. The molecular weight excluding hydrogens is 200 g/mol. The van der Waals surface area contributed by atoms with Gasteiger partial charge in [-0.05, 0) is 31.9 Å². The quantitative estimate of drug-likeness (QED) is 0.826. The zero-order valence-electron chi connectivity index (χ0n) is 10.1. The van der Waals surface area contributed by atoms with Gasteiger partial charge in [0.1, 0.15) is 0 Å². The second-order valence-electron chi connectivity index (χ2n) is 4.38. The number of rotatable bonds is 2. The molecule has 0 aromatic heterocycles. The van der Waals surface area contributed by atoms with Gasteiger partial charge in [0.2, 0.25) is 5.91 Å². The van der Waals surface area contributed by atoms with E-state index in [1.165, 1.54) is 5.56 Å². The average molecular weight is 218 g/mol. The number of carbonyl (C=O) groups is 1. The molecule has 0 radical (unpaired) electrons. The highest BCUT2D eigenvalue weighted by atomic mass is 16.2. The van der Waals surface area contributed by atoms with Crippen molar-refractivity contribution < 1.29 is 4.79 Å². The summed E-state index contributed by atoms with van der Waals surface area (Å²) >= 11 is 0. The Labute approximate surface area is 96.5 Å². The van der Waals surface area contributed by atoms with Gasteiger partial charge in [-0.15, -0.1) is 0 Å². The first-order chi connectivity index (χ1) is 7.65. The molecule has 0 atom stereocenters. The molecule has 0 unspecified atom stereocenters. The third-order valence-electron chi connectivity index (χ3n) is 2.97. The highest BCUT2D eigenvalue weighted by molar-refractivity contribution is 6.03. The Morgan fingerprint density at radius 2 is 2.19 bits per heavy atom. The number of nitrogens with one attached hydrogen (secondary N) is 1. The second-order valence-corrected chi connectivity index (χ2v) is 4.38. The fourth-order valence-corrected chi connectivity index (χ4v) is 2.24. The van der Waals surface area contributed by atoms with E-state index in [-0.39, 0.29) is 11.9 Å². The highest BCUT2D eigenvalue weighted by Crippen LogP contribution is 2.34. The molecule has 0 spiro atoms. The lowest BCUT2D eigenvalue weighted by Crippen LogP contribution is -2.44. The monoisotopic (exact) mass is 218 g/mol. The number of anilines is 2. The maximum Gasteiger partial charge on any atom is 0.246 e. The fraction of sp³-hybridized carbons (Fsp3) is 0.462. The van der Waals surface area contributed by atoms with Crippen LogP contribution in [0.3, 0.4) is 0 Å². The molecule has 1 aromatic carbocycles. The summed E-state index contributed by atoms with van der Waals surface area (Å²) in [7, 11) is 0. The van der Waals surface area contributed by atoms with E-state index in [0.717, 1.165) is 17.8 Å². The maximum atomic E-state index is 11.9. The Kier molecular flexibility index (Phi) is 2.86. The van der Waals surface area contributed by atoms with Crippen molar-refractivity contribution in [3.63, 3.8) is 0 Å². The van der Waals surface area contributed by atoms with E-state index in [1.54, 1.807) is 0 Å². The van der Waals surface area contributed by atoms with Crippen LogP contribution in [0.1, 0.15) is 26.3 Å². The van der Waals surface area contributed by atoms with E-state index in [2.05, 4.69) is 18.3 Å². The molecule has 3 heteroatoms. The minimum absolute atomic E-state index is 0.149. The van der Waals surface area contributed by atoms with Gasteiger partial charge in [0.05, 0.1) is 17.9 Å². The Balaban J connectivity index is 2.52. The van der Waals surface area contributed by atoms with Crippen molar-refractivity contribution in [1.29, 1.82) is 0 Å². The van der Waals surface area contributed by atoms with E-state index in [1.807, 2.05) is 30.9 Å². The summed E-state index contributed by atoms with van der Waals surface area (Å²) in [5.41, 5.74) is 3.42. The summed E-state index contributed by atoms with van der Waals surface area (Å²) in [4.78, 5) is 13.7. The van der Waals surface area contributed by atoms with E-state index < -0.39 is 0 Å². The van der Waals surface area contributed by atoms with Gasteiger partial charge in [-0.25, -0.2) is 0 Å².